The number of esters is 1. The van der Waals surface area contributed by atoms with Gasteiger partial charge in [-0.3, -0.25) is 9.59 Å². The fourth-order valence-corrected chi connectivity index (χ4v) is 3.66. The Hall–Kier alpha value is -2.91. The minimum Gasteiger partial charge on any atom is -0.497 e. The highest BCUT2D eigenvalue weighted by Gasteiger charge is 2.19. The summed E-state index contributed by atoms with van der Waals surface area (Å²) in [5, 5.41) is 2.69. The van der Waals surface area contributed by atoms with E-state index in [0.717, 1.165) is 5.56 Å². The molecule has 0 spiro atoms. The van der Waals surface area contributed by atoms with Crippen molar-refractivity contribution in [2.75, 3.05) is 19.0 Å². The van der Waals surface area contributed by atoms with Crippen LogP contribution in [-0.4, -0.2) is 40.1 Å². The van der Waals surface area contributed by atoms with E-state index in [4.69, 9.17) is 9.47 Å². The number of hydrogen-bond acceptors (Lipinski definition) is 6. The topological polar surface area (TPSA) is 111 Å². The van der Waals surface area contributed by atoms with Crippen LogP contribution < -0.4 is 14.8 Å². The van der Waals surface area contributed by atoms with E-state index in [2.05, 4.69) is 23.9 Å². The molecule has 31 heavy (non-hydrogen) atoms. The van der Waals surface area contributed by atoms with Crippen molar-refractivity contribution in [1.29, 1.82) is 0 Å². The molecule has 0 aliphatic heterocycles. The number of nitrogens with one attached hydrogen (secondary N) is 2. The highest BCUT2D eigenvalue weighted by Crippen LogP contribution is 2.18. The molecule has 0 aromatic heterocycles. The van der Waals surface area contributed by atoms with Crippen molar-refractivity contribution in [1.82, 2.24) is 4.72 Å². The Morgan fingerprint density at radius 1 is 0.968 bits per heavy atom. The standard InChI is InChI=1S/C22H28N2O6S/c1-15(2)17-5-7-18(8-6-17)24-22(26)16(3)30-21(25)13-14-23-31(27,28)20-11-9-19(29-4)10-12-20/h5-12,15-16,23H,13-14H2,1-4H3,(H,24,26). The van der Waals surface area contributed by atoms with Gasteiger partial charge < -0.3 is 14.8 Å². The molecule has 0 fully saturated rings. The fraction of sp³-hybridized carbons (Fsp3) is 0.364. The number of sulfonamides is 1. The molecule has 0 aliphatic carbocycles. The summed E-state index contributed by atoms with van der Waals surface area (Å²) < 4.78 is 36.9. The van der Waals surface area contributed by atoms with Gasteiger partial charge in [-0.05, 0) is 54.8 Å². The van der Waals surface area contributed by atoms with Gasteiger partial charge in [-0.25, -0.2) is 13.1 Å². The summed E-state index contributed by atoms with van der Waals surface area (Å²) in [5.41, 5.74) is 1.75. The van der Waals surface area contributed by atoms with Crippen molar-refractivity contribution >= 4 is 27.6 Å². The second kappa shape index (κ2) is 10.9. The summed E-state index contributed by atoms with van der Waals surface area (Å²) in [5.74, 6) is -0.239. The first-order valence-electron chi connectivity index (χ1n) is 9.86. The monoisotopic (exact) mass is 448 g/mol. The van der Waals surface area contributed by atoms with Crippen molar-refractivity contribution in [3.63, 3.8) is 0 Å². The van der Waals surface area contributed by atoms with E-state index in [1.54, 1.807) is 12.1 Å². The Kier molecular flexibility index (Phi) is 8.58. The first-order chi connectivity index (χ1) is 14.6. The molecule has 1 unspecified atom stereocenters. The lowest BCUT2D eigenvalue weighted by molar-refractivity contribution is -0.152. The molecule has 0 heterocycles. The van der Waals surface area contributed by atoms with Gasteiger partial charge in [-0.15, -0.1) is 0 Å². The Bertz CT molecular complexity index is 986. The second-order valence-electron chi connectivity index (χ2n) is 7.22. The Labute approximate surface area is 183 Å². The highest BCUT2D eigenvalue weighted by atomic mass is 32.2. The zero-order chi connectivity index (χ0) is 23.0. The molecule has 2 N–H and O–H groups in total. The van der Waals surface area contributed by atoms with Gasteiger partial charge in [0.25, 0.3) is 5.91 Å². The van der Waals surface area contributed by atoms with E-state index in [9.17, 15) is 18.0 Å². The molecule has 2 aromatic rings. The maximum Gasteiger partial charge on any atom is 0.307 e. The van der Waals surface area contributed by atoms with Crippen molar-refractivity contribution in [3.05, 3.63) is 54.1 Å². The third-order valence-corrected chi connectivity index (χ3v) is 5.99. The van der Waals surface area contributed by atoms with Crippen LogP contribution in [0.2, 0.25) is 0 Å². The molecular formula is C22H28N2O6S. The average molecular weight is 449 g/mol. The first-order valence-corrected chi connectivity index (χ1v) is 11.3. The molecule has 0 radical (unpaired) electrons. The molecule has 0 saturated heterocycles. The molecule has 1 amide bonds. The lowest BCUT2D eigenvalue weighted by Crippen LogP contribution is -2.32. The van der Waals surface area contributed by atoms with Gasteiger partial charge in [0.2, 0.25) is 10.0 Å². The number of carbonyl (C=O) groups excluding carboxylic acids is 2. The number of methoxy groups -OCH3 is 1. The number of amides is 1. The summed E-state index contributed by atoms with van der Waals surface area (Å²) in [6.45, 7) is 5.45. The van der Waals surface area contributed by atoms with Gasteiger partial charge in [0.1, 0.15) is 5.75 Å². The number of rotatable bonds is 10. The summed E-state index contributed by atoms with van der Waals surface area (Å²) >= 11 is 0. The fourth-order valence-electron chi connectivity index (χ4n) is 2.63. The smallest absolute Gasteiger partial charge is 0.307 e. The zero-order valence-electron chi connectivity index (χ0n) is 18.0. The Morgan fingerprint density at radius 3 is 2.13 bits per heavy atom. The minimum absolute atomic E-state index is 0.0536. The summed E-state index contributed by atoms with van der Waals surface area (Å²) in [6.07, 6.45) is -1.23. The largest absolute Gasteiger partial charge is 0.497 e. The Morgan fingerprint density at radius 2 is 1.58 bits per heavy atom. The van der Waals surface area contributed by atoms with Crippen LogP contribution in [0.4, 0.5) is 5.69 Å². The van der Waals surface area contributed by atoms with Gasteiger partial charge in [0, 0.05) is 12.2 Å². The van der Waals surface area contributed by atoms with Crippen molar-refractivity contribution < 1.29 is 27.5 Å². The van der Waals surface area contributed by atoms with Crippen LogP contribution in [0.25, 0.3) is 0 Å². The SMILES string of the molecule is COc1ccc(S(=O)(=O)NCCC(=O)OC(C)C(=O)Nc2ccc(C(C)C)cc2)cc1. The van der Waals surface area contributed by atoms with Gasteiger partial charge in [0.15, 0.2) is 6.10 Å². The molecule has 1 atom stereocenters. The highest BCUT2D eigenvalue weighted by molar-refractivity contribution is 7.89. The quantitative estimate of drug-likeness (QED) is 0.541. The minimum atomic E-state index is -3.77. The van der Waals surface area contributed by atoms with E-state index in [1.807, 2.05) is 12.1 Å². The normalized spacial score (nSPS) is 12.3. The maximum absolute atomic E-state index is 12.2. The lowest BCUT2D eigenvalue weighted by atomic mass is 10.0. The molecule has 2 aromatic carbocycles. The predicted octanol–water partition coefficient (Wildman–Crippen LogP) is 3.06. The van der Waals surface area contributed by atoms with E-state index >= 15 is 0 Å². The van der Waals surface area contributed by atoms with Crippen LogP contribution >= 0.6 is 0 Å². The maximum atomic E-state index is 12.2. The lowest BCUT2D eigenvalue weighted by Gasteiger charge is -2.14. The van der Waals surface area contributed by atoms with Gasteiger partial charge in [0.05, 0.1) is 18.4 Å². The molecule has 168 valence electrons. The first kappa shape index (κ1) is 24.4. The van der Waals surface area contributed by atoms with Gasteiger partial charge in [-0.2, -0.15) is 0 Å². The zero-order valence-corrected chi connectivity index (χ0v) is 18.9. The van der Waals surface area contributed by atoms with E-state index < -0.39 is 28.0 Å². The number of ether oxygens (including phenoxy) is 2. The molecule has 2 rings (SSSR count). The Balaban J connectivity index is 1.79. The van der Waals surface area contributed by atoms with Crippen molar-refractivity contribution in [2.24, 2.45) is 0 Å². The van der Waals surface area contributed by atoms with Crippen molar-refractivity contribution in [2.45, 2.75) is 44.1 Å². The van der Waals surface area contributed by atoms with E-state index in [1.165, 1.54) is 38.3 Å². The molecule has 0 saturated carbocycles. The van der Waals surface area contributed by atoms with Crippen LogP contribution in [0, 0.1) is 0 Å². The van der Waals surface area contributed by atoms with Crippen molar-refractivity contribution in [3.8, 4) is 5.75 Å². The third kappa shape index (κ3) is 7.37. The predicted molar refractivity (Wildman–Crippen MR) is 118 cm³/mol. The number of anilines is 1. The average Bonchev–Trinajstić information content (AvgIpc) is 2.73. The number of carbonyl (C=O) groups is 2. The molecule has 0 aliphatic rings. The van der Waals surface area contributed by atoms with E-state index in [0.29, 0.717) is 17.4 Å². The summed E-state index contributed by atoms with van der Waals surface area (Å²) in [7, 11) is -2.29. The summed E-state index contributed by atoms with van der Waals surface area (Å²) in [4.78, 5) is 24.3. The van der Waals surface area contributed by atoms with Gasteiger partial charge in [-0.1, -0.05) is 26.0 Å². The number of benzene rings is 2. The summed E-state index contributed by atoms with van der Waals surface area (Å²) in [6, 6.07) is 13.3. The van der Waals surface area contributed by atoms with Crippen LogP contribution in [0.1, 0.15) is 38.7 Å². The molecule has 8 nitrogen and oxygen atoms in total. The van der Waals surface area contributed by atoms with Crippen LogP contribution in [0.3, 0.4) is 0 Å². The molecule has 0 bridgehead atoms. The van der Waals surface area contributed by atoms with Crippen LogP contribution in [0.5, 0.6) is 5.75 Å². The number of hydrogen-bond donors (Lipinski definition) is 2. The van der Waals surface area contributed by atoms with Gasteiger partial charge >= 0.3 is 5.97 Å². The third-order valence-electron chi connectivity index (χ3n) is 4.51. The molecular weight excluding hydrogens is 420 g/mol. The second-order valence-corrected chi connectivity index (χ2v) is 8.99. The van der Waals surface area contributed by atoms with E-state index in [-0.39, 0.29) is 17.9 Å². The van der Waals surface area contributed by atoms with Crippen LogP contribution in [0.15, 0.2) is 53.4 Å². The van der Waals surface area contributed by atoms with Crippen LogP contribution in [-0.2, 0) is 24.3 Å². The molecule has 9 heteroatoms.